The standard InChI is InChI=1S/C16H21NO2S/c1-3-5-13-9-12(6-8-16(13,19)7-4-2)10-14-15(18)17-11-20-14/h3-4,6,8-9,13-14,19H,1-2,5,7,10-11H2,(H,17,18). The number of aliphatic hydroxyl groups is 1. The Bertz CT molecular complexity index is 469. The van der Waals surface area contributed by atoms with Crippen molar-refractivity contribution in [1.82, 2.24) is 5.32 Å². The average molecular weight is 291 g/mol. The summed E-state index contributed by atoms with van der Waals surface area (Å²) in [4.78, 5) is 11.6. The van der Waals surface area contributed by atoms with Crippen molar-refractivity contribution < 1.29 is 9.90 Å². The summed E-state index contributed by atoms with van der Waals surface area (Å²) in [7, 11) is 0. The molecule has 0 radical (unpaired) electrons. The van der Waals surface area contributed by atoms with Crippen molar-refractivity contribution in [3.05, 3.63) is 49.1 Å². The van der Waals surface area contributed by atoms with E-state index in [1.165, 1.54) is 0 Å². The van der Waals surface area contributed by atoms with Gasteiger partial charge in [0.05, 0.1) is 16.7 Å². The lowest BCUT2D eigenvalue weighted by Crippen LogP contribution is -2.36. The molecule has 3 nitrogen and oxygen atoms in total. The first-order valence-electron chi connectivity index (χ1n) is 6.82. The van der Waals surface area contributed by atoms with Gasteiger partial charge in [0.15, 0.2) is 0 Å². The van der Waals surface area contributed by atoms with Crippen molar-refractivity contribution in [1.29, 1.82) is 0 Å². The van der Waals surface area contributed by atoms with Crippen LogP contribution in [0.4, 0.5) is 0 Å². The first kappa shape index (κ1) is 15.1. The maximum Gasteiger partial charge on any atom is 0.234 e. The van der Waals surface area contributed by atoms with Crippen LogP contribution in [0, 0.1) is 5.92 Å². The minimum absolute atomic E-state index is 0.00698. The molecule has 2 rings (SSSR count). The van der Waals surface area contributed by atoms with E-state index in [0.29, 0.717) is 25.1 Å². The molecule has 3 unspecified atom stereocenters. The number of rotatable bonds is 6. The minimum Gasteiger partial charge on any atom is -0.385 e. The van der Waals surface area contributed by atoms with Gasteiger partial charge < -0.3 is 10.4 Å². The van der Waals surface area contributed by atoms with E-state index in [2.05, 4.69) is 24.6 Å². The molecule has 2 aliphatic rings. The number of amides is 1. The highest BCUT2D eigenvalue weighted by Crippen LogP contribution is 2.35. The third kappa shape index (κ3) is 3.25. The van der Waals surface area contributed by atoms with E-state index < -0.39 is 5.60 Å². The van der Waals surface area contributed by atoms with E-state index in [1.54, 1.807) is 17.8 Å². The smallest absolute Gasteiger partial charge is 0.234 e. The minimum atomic E-state index is -0.884. The highest BCUT2D eigenvalue weighted by molar-refractivity contribution is 8.01. The average Bonchev–Trinajstić information content (AvgIpc) is 2.80. The monoisotopic (exact) mass is 291 g/mol. The van der Waals surface area contributed by atoms with Gasteiger partial charge in [-0.05, 0) is 19.3 Å². The molecule has 20 heavy (non-hydrogen) atoms. The SMILES string of the molecule is C=CCC1C=C(CC2SCNC2=O)C=CC1(O)CC=C. The summed E-state index contributed by atoms with van der Waals surface area (Å²) in [5, 5.41) is 13.5. The Morgan fingerprint density at radius 1 is 1.50 bits per heavy atom. The molecule has 1 saturated heterocycles. The van der Waals surface area contributed by atoms with Crippen molar-refractivity contribution >= 4 is 17.7 Å². The molecule has 1 aliphatic carbocycles. The summed E-state index contributed by atoms with van der Waals surface area (Å²) >= 11 is 1.63. The van der Waals surface area contributed by atoms with Crippen molar-refractivity contribution in [2.45, 2.75) is 30.1 Å². The number of carbonyl (C=O) groups excluding carboxylic acids is 1. The van der Waals surface area contributed by atoms with E-state index in [1.807, 2.05) is 18.2 Å². The molecule has 0 aromatic carbocycles. The van der Waals surface area contributed by atoms with Gasteiger partial charge in [0.25, 0.3) is 0 Å². The number of carbonyl (C=O) groups is 1. The van der Waals surface area contributed by atoms with Gasteiger partial charge in [-0.15, -0.1) is 24.9 Å². The third-order valence-electron chi connectivity index (χ3n) is 3.78. The number of hydrogen-bond acceptors (Lipinski definition) is 3. The Labute approximate surface area is 124 Å². The molecule has 2 N–H and O–H groups in total. The van der Waals surface area contributed by atoms with E-state index in [4.69, 9.17) is 0 Å². The van der Waals surface area contributed by atoms with Crippen LogP contribution < -0.4 is 5.32 Å². The lowest BCUT2D eigenvalue weighted by Gasteiger charge is -2.34. The molecule has 4 heteroatoms. The van der Waals surface area contributed by atoms with E-state index in [9.17, 15) is 9.90 Å². The van der Waals surface area contributed by atoms with Crippen LogP contribution in [0.15, 0.2) is 49.1 Å². The van der Waals surface area contributed by atoms with Crippen molar-refractivity contribution in [3.8, 4) is 0 Å². The zero-order valence-electron chi connectivity index (χ0n) is 11.5. The van der Waals surface area contributed by atoms with Gasteiger partial charge in [-0.1, -0.05) is 36.0 Å². The summed E-state index contributed by atoms with van der Waals surface area (Å²) < 4.78 is 0. The molecular weight excluding hydrogens is 270 g/mol. The quantitative estimate of drug-likeness (QED) is 0.740. The van der Waals surface area contributed by atoms with Crippen molar-refractivity contribution in [2.75, 3.05) is 5.88 Å². The van der Waals surface area contributed by atoms with Gasteiger partial charge >= 0.3 is 0 Å². The number of hydrogen-bond donors (Lipinski definition) is 2. The molecule has 108 valence electrons. The predicted molar refractivity (Wildman–Crippen MR) is 84.3 cm³/mol. The van der Waals surface area contributed by atoms with Gasteiger partial charge in [-0.25, -0.2) is 0 Å². The van der Waals surface area contributed by atoms with Crippen LogP contribution in [0.1, 0.15) is 19.3 Å². The second-order valence-corrected chi connectivity index (χ2v) is 6.43. The van der Waals surface area contributed by atoms with Crippen LogP contribution in [-0.2, 0) is 4.79 Å². The van der Waals surface area contributed by atoms with Crippen LogP contribution in [0.3, 0.4) is 0 Å². The third-order valence-corrected chi connectivity index (χ3v) is 4.87. The zero-order valence-corrected chi connectivity index (χ0v) is 12.4. The summed E-state index contributed by atoms with van der Waals surface area (Å²) in [6.07, 6.45) is 11.4. The second kappa shape index (κ2) is 6.46. The fraction of sp³-hybridized carbons (Fsp3) is 0.438. The number of nitrogens with one attached hydrogen (secondary N) is 1. The van der Waals surface area contributed by atoms with Gasteiger partial charge in [-0.2, -0.15) is 0 Å². The predicted octanol–water partition coefficient (Wildman–Crippen LogP) is 2.56. The summed E-state index contributed by atoms with van der Waals surface area (Å²) in [6, 6.07) is 0. The first-order valence-corrected chi connectivity index (χ1v) is 7.87. The molecule has 0 saturated carbocycles. The largest absolute Gasteiger partial charge is 0.385 e. The Morgan fingerprint density at radius 3 is 2.90 bits per heavy atom. The molecular formula is C16H21NO2S. The number of allylic oxidation sites excluding steroid dienone is 3. The van der Waals surface area contributed by atoms with Crippen molar-refractivity contribution in [2.24, 2.45) is 5.92 Å². The Morgan fingerprint density at radius 2 is 2.30 bits per heavy atom. The highest BCUT2D eigenvalue weighted by Gasteiger charge is 2.34. The molecule has 3 atom stereocenters. The maximum absolute atomic E-state index is 11.6. The van der Waals surface area contributed by atoms with Gasteiger partial charge in [0.2, 0.25) is 5.91 Å². The fourth-order valence-corrected chi connectivity index (χ4v) is 3.61. The molecule has 0 aromatic rings. The van der Waals surface area contributed by atoms with E-state index >= 15 is 0 Å². The molecule has 1 aliphatic heterocycles. The lowest BCUT2D eigenvalue weighted by molar-refractivity contribution is -0.119. The molecule has 1 fully saturated rings. The summed E-state index contributed by atoms with van der Waals surface area (Å²) in [5.74, 6) is 0.792. The van der Waals surface area contributed by atoms with Crippen LogP contribution in [0.2, 0.25) is 0 Å². The van der Waals surface area contributed by atoms with Crippen LogP contribution in [-0.4, -0.2) is 27.7 Å². The first-order chi connectivity index (χ1) is 9.59. The van der Waals surface area contributed by atoms with Gasteiger partial charge in [0, 0.05) is 5.92 Å². The normalized spacial score (nSPS) is 32.6. The molecule has 0 spiro atoms. The van der Waals surface area contributed by atoms with Gasteiger partial charge in [0.1, 0.15) is 0 Å². The molecule has 1 amide bonds. The second-order valence-electron chi connectivity index (χ2n) is 5.23. The fourth-order valence-electron chi connectivity index (χ4n) is 2.64. The number of thioether (sulfide) groups is 1. The molecule has 0 aromatic heterocycles. The summed E-state index contributed by atoms with van der Waals surface area (Å²) in [6.45, 7) is 7.47. The van der Waals surface area contributed by atoms with Crippen LogP contribution >= 0.6 is 11.8 Å². The summed E-state index contributed by atoms with van der Waals surface area (Å²) in [5.41, 5.74) is 0.227. The zero-order chi connectivity index (χ0) is 14.6. The van der Waals surface area contributed by atoms with Crippen LogP contribution in [0.25, 0.3) is 0 Å². The highest BCUT2D eigenvalue weighted by atomic mass is 32.2. The Hall–Kier alpha value is -1.26. The van der Waals surface area contributed by atoms with Gasteiger partial charge in [-0.3, -0.25) is 4.79 Å². The topological polar surface area (TPSA) is 49.3 Å². The molecule has 1 heterocycles. The lowest BCUT2D eigenvalue weighted by atomic mass is 9.77. The van der Waals surface area contributed by atoms with E-state index in [0.717, 1.165) is 5.57 Å². The van der Waals surface area contributed by atoms with Crippen molar-refractivity contribution in [3.63, 3.8) is 0 Å². The Kier molecular flexibility index (Phi) is 4.89. The molecule has 0 bridgehead atoms. The van der Waals surface area contributed by atoms with E-state index in [-0.39, 0.29) is 17.1 Å². The maximum atomic E-state index is 11.6. The van der Waals surface area contributed by atoms with Crippen LogP contribution in [0.5, 0.6) is 0 Å². The Balaban J connectivity index is 2.11.